The maximum atomic E-state index is 12.6. The lowest BCUT2D eigenvalue weighted by molar-refractivity contribution is -0.117. The molecule has 148 valence electrons. The van der Waals surface area contributed by atoms with Gasteiger partial charge in [0.05, 0.1) is 35.4 Å². The fourth-order valence-electron chi connectivity index (χ4n) is 2.98. The molecular formula is C23H22N2O3S. The van der Waals surface area contributed by atoms with Crippen molar-refractivity contribution in [1.82, 2.24) is 4.57 Å². The summed E-state index contributed by atoms with van der Waals surface area (Å²) >= 11 is 1.33. The topological polar surface area (TPSA) is 60.7 Å². The second-order valence-corrected chi connectivity index (χ2v) is 7.69. The third-order valence-electron chi connectivity index (χ3n) is 4.59. The molecule has 3 rings (SSSR count). The van der Waals surface area contributed by atoms with Gasteiger partial charge in [-0.2, -0.15) is 4.99 Å². The van der Waals surface area contributed by atoms with E-state index in [0.29, 0.717) is 17.0 Å². The number of amides is 1. The van der Waals surface area contributed by atoms with Crippen molar-refractivity contribution in [3.05, 3.63) is 63.5 Å². The first-order valence-corrected chi connectivity index (χ1v) is 10.1. The predicted octanol–water partition coefficient (Wildman–Crippen LogP) is 3.80. The van der Waals surface area contributed by atoms with Gasteiger partial charge in [0.2, 0.25) is 0 Å². The van der Waals surface area contributed by atoms with Gasteiger partial charge in [-0.3, -0.25) is 4.79 Å². The van der Waals surface area contributed by atoms with E-state index in [9.17, 15) is 9.59 Å². The van der Waals surface area contributed by atoms with Gasteiger partial charge in [0.1, 0.15) is 0 Å². The quantitative estimate of drug-likeness (QED) is 0.478. The Labute approximate surface area is 173 Å². The zero-order chi connectivity index (χ0) is 21.0. The molecule has 5 nitrogen and oxygen atoms in total. The van der Waals surface area contributed by atoms with E-state index in [2.05, 4.69) is 10.9 Å². The number of ether oxygens (including phenoxy) is 1. The molecule has 6 heteroatoms. The Kier molecular flexibility index (Phi) is 6.30. The zero-order valence-corrected chi connectivity index (χ0v) is 17.5. The minimum atomic E-state index is -0.379. The van der Waals surface area contributed by atoms with E-state index >= 15 is 0 Å². The summed E-state index contributed by atoms with van der Waals surface area (Å²) in [6, 6.07) is 11.2. The van der Waals surface area contributed by atoms with Gasteiger partial charge in [0.15, 0.2) is 4.80 Å². The maximum absolute atomic E-state index is 12.6. The number of fused-ring (bicyclic) bond motifs is 1. The number of benzene rings is 2. The minimum Gasteiger partial charge on any atom is -0.462 e. The van der Waals surface area contributed by atoms with Gasteiger partial charge in [-0.15, -0.1) is 6.42 Å². The van der Waals surface area contributed by atoms with Crippen LogP contribution in [0.4, 0.5) is 0 Å². The molecule has 0 radical (unpaired) electrons. The molecule has 0 aliphatic rings. The van der Waals surface area contributed by atoms with Crippen LogP contribution in [-0.2, 0) is 22.5 Å². The molecule has 1 aromatic heterocycles. The smallest absolute Gasteiger partial charge is 0.338 e. The molecule has 29 heavy (non-hydrogen) atoms. The second kappa shape index (κ2) is 8.89. The Hall–Kier alpha value is -3.17. The summed E-state index contributed by atoms with van der Waals surface area (Å²) in [6.45, 7) is 6.42. The lowest BCUT2D eigenvalue weighted by Crippen LogP contribution is -2.17. The standard InChI is InChI=1S/C23H22N2O3S/c1-5-11-25-19-10-9-18(22(27)28-6-2)14-20(19)29-23(25)24-21(26)13-17-8-7-15(3)16(4)12-17/h1,7-10,12,14H,6,11,13H2,2-4H3. The van der Waals surface area contributed by atoms with Gasteiger partial charge in [-0.25, -0.2) is 4.79 Å². The van der Waals surface area contributed by atoms with E-state index in [1.165, 1.54) is 16.9 Å². The largest absolute Gasteiger partial charge is 0.462 e. The summed E-state index contributed by atoms with van der Waals surface area (Å²) in [7, 11) is 0. The van der Waals surface area contributed by atoms with E-state index in [4.69, 9.17) is 11.2 Å². The van der Waals surface area contributed by atoms with Crippen molar-refractivity contribution >= 4 is 33.4 Å². The van der Waals surface area contributed by atoms with Gasteiger partial charge >= 0.3 is 5.97 Å². The highest BCUT2D eigenvalue weighted by atomic mass is 32.1. The van der Waals surface area contributed by atoms with Crippen molar-refractivity contribution in [2.45, 2.75) is 33.7 Å². The van der Waals surface area contributed by atoms with Gasteiger partial charge < -0.3 is 9.30 Å². The number of hydrogen-bond donors (Lipinski definition) is 0. The number of thiazole rings is 1. The molecule has 0 saturated carbocycles. The molecule has 1 heterocycles. The van der Waals surface area contributed by atoms with Crippen LogP contribution in [0.2, 0.25) is 0 Å². The van der Waals surface area contributed by atoms with Crippen LogP contribution < -0.4 is 4.80 Å². The number of rotatable bonds is 5. The van der Waals surface area contributed by atoms with Crippen molar-refractivity contribution in [3.63, 3.8) is 0 Å². The van der Waals surface area contributed by atoms with E-state index < -0.39 is 0 Å². The van der Waals surface area contributed by atoms with Crippen LogP contribution in [0.15, 0.2) is 41.4 Å². The number of carbonyl (C=O) groups is 2. The molecule has 0 N–H and O–H groups in total. The highest BCUT2D eigenvalue weighted by Crippen LogP contribution is 2.20. The summed E-state index contributed by atoms with van der Waals surface area (Å²) in [5, 5.41) is 0. The molecule has 3 aromatic rings. The monoisotopic (exact) mass is 406 g/mol. The van der Waals surface area contributed by atoms with E-state index in [1.54, 1.807) is 19.1 Å². The lowest BCUT2D eigenvalue weighted by atomic mass is 10.0. The Morgan fingerprint density at radius 3 is 2.66 bits per heavy atom. The van der Waals surface area contributed by atoms with Crippen molar-refractivity contribution in [2.24, 2.45) is 4.99 Å². The molecule has 0 fully saturated rings. The summed E-state index contributed by atoms with van der Waals surface area (Å²) < 4.78 is 7.69. The van der Waals surface area contributed by atoms with E-state index in [-0.39, 0.29) is 24.8 Å². The molecule has 1 amide bonds. The number of aromatic nitrogens is 1. The van der Waals surface area contributed by atoms with Crippen LogP contribution >= 0.6 is 11.3 Å². The molecule has 0 atom stereocenters. The average Bonchev–Trinajstić information content (AvgIpc) is 3.01. The van der Waals surface area contributed by atoms with Gasteiger partial charge in [-0.1, -0.05) is 35.5 Å². The molecule has 0 aliphatic carbocycles. The van der Waals surface area contributed by atoms with Crippen molar-refractivity contribution in [2.75, 3.05) is 6.61 Å². The van der Waals surface area contributed by atoms with Crippen LogP contribution in [0.1, 0.15) is 34.0 Å². The predicted molar refractivity (Wildman–Crippen MR) is 115 cm³/mol. The first-order valence-electron chi connectivity index (χ1n) is 9.30. The molecule has 0 aliphatic heterocycles. The van der Waals surface area contributed by atoms with Gasteiger partial charge in [0, 0.05) is 0 Å². The molecule has 2 aromatic carbocycles. The van der Waals surface area contributed by atoms with Crippen LogP contribution in [0, 0.1) is 26.2 Å². The normalized spacial score (nSPS) is 11.4. The fourth-order valence-corrected chi connectivity index (χ4v) is 4.06. The Bertz CT molecular complexity index is 1200. The molecule has 0 unspecified atom stereocenters. The first kappa shape index (κ1) is 20.6. The van der Waals surface area contributed by atoms with Crippen molar-refractivity contribution in [1.29, 1.82) is 0 Å². The van der Waals surface area contributed by atoms with Crippen molar-refractivity contribution in [3.8, 4) is 12.3 Å². The third kappa shape index (κ3) is 4.64. The second-order valence-electron chi connectivity index (χ2n) is 6.68. The highest BCUT2D eigenvalue weighted by Gasteiger charge is 2.12. The van der Waals surface area contributed by atoms with E-state index in [0.717, 1.165) is 21.3 Å². The fraction of sp³-hybridized carbons (Fsp3) is 0.261. The maximum Gasteiger partial charge on any atom is 0.338 e. The summed E-state index contributed by atoms with van der Waals surface area (Å²) in [6.07, 6.45) is 5.74. The van der Waals surface area contributed by atoms with Crippen LogP contribution in [0.3, 0.4) is 0 Å². The average molecular weight is 407 g/mol. The Balaban J connectivity index is 1.98. The SMILES string of the molecule is C#CCn1c(=NC(=O)Cc2ccc(C)c(C)c2)sc2cc(C(=O)OCC)ccc21. The number of hydrogen-bond acceptors (Lipinski definition) is 4. The van der Waals surface area contributed by atoms with Crippen molar-refractivity contribution < 1.29 is 14.3 Å². The molecule has 0 spiro atoms. The van der Waals surface area contributed by atoms with Crippen LogP contribution in [0.25, 0.3) is 10.2 Å². The van der Waals surface area contributed by atoms with E-state index in [1.807, 2.05) is 42.7 Å². The number of aryl methyl sites for hydroxylation is 2. The first-order chi connectivity index (χ1) is 13.9. The lowest BCUT2D eigenvalue weighted by Gasteiger charge is -2.03. The van der Waals surface area contributed by atoms with Crippen LogP contribution in [-0.4, -0.2) is 23.1 Å². The van der Waals surface area contributed by atoms with Gasteiger partial charge in [-0.05, 0) is 55.7 Å². The molecule has 0 bridgehead atoms. The zero-order valence-electron chi connectivity index (χ0n) is 16.7. The Morgan fingerprint density at radius 1 is 1.17 bits per heavy atom. The number of esters is 1. The summed E-state index contributed by atoms with van der Waals surface area (Å²) in [5.74, 6) is 1.98. The van der Waals surface area contributed by atoms with Gasteiger partial charge in [0.25, 0.3) is 5.91 Å². The minimum absolute atomic E-state index is 0.222. The Morgan fingerprint density at radius 2 is 1.97 bits per heavy atom. The molecular weight excluding hydrogens is 384 g/mol. The number of nitrogens with zero attached hydrogens (tertiary/aromatic N) is 2. The summed E-state index contributed by atoms with van der Waals surface area (Å²) in [4.78, 5) is 29.4. The molecule has 0 saturated heterocycles. The number of terminal acetylenes is 1. The highest BCUT2D eigenvalue weighted by molar-refractivity contribution is 7.16. The number of carbonyl (C=O) groups excluding carboxylic acids is 2. The van der Waals surface area contributed by atoms with Crippen LogP contribution in [0.5, 0.6) is 0 Å². The summed E-state index contributed by atoms with van der Waals surface area (Å²) in [5.41, 5.74) is 4.55. The third-order valence-corrected chi connectivity index (χ3v) is 5.63.